The molecule has 0 bridgehead atoms. The highest BCUT2D eigenvalue weighted by Crippen LogP contribution is 2.31. The first-order valence-corrected chi connectivity index (χ1v) is 8.01. The first-order chi connectivity index (χ1) is 9.51. The Morgan fingerprint density at radius 3 is 2.65 bits per heavy atom. The lowest BCUT2D eigenvalue weighted by Gasteiger charge is -2.12. The molecular weight excluding hydrogens is 391 g/mol. The highest BCUT2D eigenvalue weighted by molar-refractivity contribution is 14.1. The molecule has 1 aromatic carbocycles. The molecule has 1 aromatic rings. The average molecular weight is 404 g/mol. The topological polar surface area (TPSA) is 70.0 Å². The van der Waals surface area contributed by atoms with Gasteiger partial charge in [0.25, 0.3) is 0 Å². The average Bonchev–Trinajstić information content (AvgIpc) is 2.67. The number of hydrogen-bond donors (Lipinski definition) is 1. The third-order valence-corrected chi connectivity index (χ3v) is 4.64. The van der Waals surface area contributed by atoms with Gasteiger partial charge in [-0.2, -0.15) is 0 Å². The van der Waals surface area contributed by atoms with E-state index >= 15 is 0 Å². The van der Waals surface area contributed by atoms with Gasteiger partial charge in [-0.3, -0.25) is 14.5 Å². The molecule has 1 aliphatic heterocycles. The van der Waals surface area contributed by atoms with Crippen LogP contribution in [-0.2, 0) is 9.59 Å². The van der Waals surface area contributed by atoms with Gasteiger partial charge < -0.3 is 5.11 Å². The Hall–Kier alpha value is -1.09. The number of halogens is 1. The van der Waals surface area contributed by atoms with E-state index in [9.17, 15) is 9.59 Å². The van der Waals surface area contributed by atoms with E-state index in [0.29, 0.717) is 11.7 Å². The van der Waals surface area contributed by atoms with Gasteiger partial charge in [-0.15, -0.1) is 0 Å². The summed E-state index contributed by atoms with van der Waals surface area (Å²) in [6, 6.07) is 7.62. The van der Waals surface area contributed by atoms with Crippen molar-refractivity contribution in [1.29, 1.82) is 0 Å². The van der Waals surface area contributed by atoms with Crippen LogP contribution in [0.3, 0.4) is 0 Å². The fraction of sp³-hybridized carbons (Fsp3) is 0.308. The SMILES string of the molecule is CCN1C(=O)C(CC(=O)O)SC1=Nc1ccc(I)cc1. The van der Waals surface area contributed by atoms with Crippen LogP contribution in [-0.4, -0.2) is 38.8 Å². The second-order valence-corrected chi connectivity index (χ2v) is 6.57. The zero-order valence-corrected chi connectivity index (χ0v) is 13.7. The van der Waals surface area contributed by atoms with Crippen molar-refractivity contribution in [1.82, 2.24) is 4.90 Å². The minimum absolute atomic E-state index is 0.175. The summed E-state index contributed by atoms with van der Waals surface area (Å²) in [6.07, 6.45) is -0.175. The maximum atomic E-state index is 12.1. The molecule has 1 saturated heterocycles. The van der Waals surface area contributed by atoms with E-state index in [-0.39, 0.29) is 12.3 Å². The van der Waals surface area contributed by atoms with Crippen LogP contribution in [0.1, 0.15) is 13.3 Å². The maximum absolute atomic E-state index is 12.1. The zero-order chi connectivity index (χ0) is 14.7. The van der Waals surface area contributed by atoms with Crippen molar-refractivity contribution in [3.05, 3.63) is 27.8 Å². The van der Waals surface area contributed by atoms with Crippen LogP contribution < -0.4 is 0 Å². The minimum atomic E-state index is -0.970. The van der Waals surface area contributed by atoms with Gasteiger partial charge in [0.2, 0.25) is 5.91 Å². The van der Waals surface area contributed by atoms with Crippen molar-refractivity contribution in [3.8, 4) is 0 Å². The van der Waals surface area contributed by atoms with E-state index < -0.39 is 11.2 Å². The number of carboxylic acids is 1. The van der Waals surface area contributed by atoms with Crippen LogP contribution in [0.15, 0.2) is 29.3 Å². The quantitative estimate of drug-likeness (QED) is 0.784. The number of amidine groups is 1. The summed E-state index contributed by atoms with van der Waals surface area (Å²) in [5.74, 6) is -1.15. The predicted octanol–water partition coefficient (Wildman–Crippen LogP) is 2.72. The minimum Gasteiger partial charge on any atom is -0.481 e. The Morgan fingerprint density at radius 2 is 2.10 bits per heavy atom. The maximum Gasteiger partial charge on any atom is 0.305 e. The number of aliphatic carboxylic acids is 1. The van der Waals surface area contributed by atoms with Crippen LogP contribution in [0.4, 0.5) is 5.69 Å². The molecule has 106 valence electrons. The second-order valence-electron chi connectivity index (χ2n) is 4.16. The Labute approximate surface area is 134 Å². The number of hydrogen-bond acceptors (Lipinski definition) is 4. The van der Waals surface area contributed by atoms with Crippen LogP contribution in [0.2, 0.25) is 0 Å². The summed E-state index contributed by atoms with van der Waals surface area (Å²) in [7, 11) is 0. The van der Waals surface area contributed by atoms with Crippen LogP contribution >= 0.6 is 34.4 Å². The Morgan fingerprint density at radius 1 is 1.45 bits per heavy atom. The second kappa shape index (κ2) is 6.57. The number of thioether (sulfide) groups is 1. The number of carboxylic acid groups (broad SMARTS) is 1. The van der Waals surface area contributed by atoms with Gasteiger partial charge in [-0.05, 0) is 53.8 Å². The molecule has 1 heterocycles. The summed E-state index contributed by atoms with van der Waals surface area (Å²) in [4.78, 5) is 28.8. The van der Waals surface area contributed by atoms with Crippen LogP contribution in [0.25, 0.3) is 0 Å². The van der Waals surface area contributed by atoms with Gasteiger partial charge in [0.1, 0.15) is 5.25 Å². The highest BCUT2D eigenvalue weighted by Gasteiger charge is 2.38. The number of nitrogens with zero attached hydrogens (tertiary/aromatic N) is 2. The molecule has 1 aliphatic rings. The van der Waals surface area contributed by atoms with E-state index in [0.717, 1.165) is 9.26 Å². The van der Waals surface area contributed by atoms with Crippen molar-refractivity contribution in [3.63, 3.8) is 0 Å². The molecule has 1 atom stereocenters. The largest absolute Gasteiger partial charge is 0.481 e. The lowest BCUT2D eigenvalue weighted by molar-refractivity contribution is -0.139. The van der Waals surface area contributed by atoms with E-state index in [1.54, 1.807) is 0 Å². The number of aliphatic imine (C=N–C) groups is 1. The summed E-state index contributed by atoms with van der Waals surface area (Å²) in [6.45, 7) is 2.34. The highest BCUT2D eigenvalue weighted by atomic mass is 127. The third kappa shape index (κ3) is 3.51. The van der Waals surface area contributed by atoms with Crippen molar-refractivity contribution >= 4 is 57.1 Å². The molecule has 1 unspecified atom stereocenters. The number of carbonyl (C=O) groups is 2. The van der Waals surface area contributed by atoms with E-state index in [2.05, 4.69) is 27.6 Å². The normalized spacial score (nSPS) is 20.7. The third-order valence-electron chi connectivity index (χ3n) is 2.75. The monoisotopic (exact) mass is 404 g/mol. The summed E-state index contributed by atoms with van der Waals surface area (Å²) in [5.41, 5.74) is 0.759. The fourth-order valence-corrected chi connectivity index (χ4v) is 3.37. The van der Waals surface area contributed by atoms with Gasteiger partial charge in [0, 0.05) is 10.1 Å². The van der Waals surface area contributed by atoms with Gasteiger partial charge >= 0.3 is 5.97 Å². The lowest BCUT2D eigenvalue weighted by atomic mass is 10.3. The summed E-state index contributed by atoms with van der Waals surface area (Å²) < 4.78 is 1.11. The summed E-state index contributed by atoms with van der Waals surface area (Å²) >= 11 is 3.43. The zero-order valence-electron chi connectivity index (χ0n) is 10.7. The first-order valence-electron chi connectivity index (χ1n) is 6.05. The van der Waals surface area contributed by atoms with Crippen LogP contribution in [0.5, 0.6) is 0 Å². The molecule has 0 aliphatic carbocycles. The predicted molar refractivity (Wildman–Crippen MR) is 87.3 cm³/mol. The van der Waals surface area contributed by atoms with Crippen molar-refractivity contribution in [2.24, 2.45) is 4.99 Å². The lowest BCUT2D eigenvalue weighted by Crippen LogP contribution is -2.32. The van der Waals surface area contributed by atoms with Gasteiger partial charge in [0.15, 0.2) is 5.17 Å². The van der Waals surface area contributed by atoms with Gasteiger partial charge in [-0.25, -0.2) is 4.99 Å². The molecule has 2 rings (SSSR count). The molecule has 0 radical (unpaired) electrons. The molecule has 0 aromatic heterocycles. The molecule has 0 spiro atoms. The standard InChI is InChI=1S/C13H13IN2O3S/c1-2-16-12(19)10(7-11(17)18)20-13(16)15-9-5-3-8(14)4-6-9/h3-6,10H,2,7H2,1H3,(H,17,18). The Bertz CT molecular complexity index is 559. The van der Waals surface area contributed by atoms with Gasteiger partial charge in [0.05, 0.1) is 12.1 Å². The number of rotatable bonds is 4. The van der Waals surface area contributed by atoms with E-state index in [4.69, 9.17) is 5.11 Å². The smallest absolute Gasteiger partial charge is 0.305 e. The molecule has 7 heteroatoms. The molecule has 20 heavy (non-hydrogen) atoms. The van der Waals surface area contributed by atoms with Crippen LogP contribution in [0, 0.1) is 3.57 Å². The van der Waals surface area contributed by atoms with Crippen molar-refractivity contribution in [2.75, 3.05) is 6.54 Å². The number of amides is 1. The van der Waals surface area contributed by atoms with Gasteiger partial charge in [-0.1, -0.05) is 11.8 Å². The molecule has 1 amide bonds. The van der Waals surface area contributed by atoms with E-state index in [1.165, 1.54) is 16.7 Å². The summed E-state index contributed by atoms with van der Waals surface area (Å²) in [5, 5.41) is 8.83. The first kappa shape index (κ1) is 15.3. The van der Waals surface area contributed by atoms with E-state index in [1.807, 2.05) is 31.2 Å². The molecule has 1 fully saturated rings. The Balaban J connectivity index is 2.24. The Kier molecular flexibility index (Phi) is 5.03. The molecule has 0 saturated carbocycles. The molecular formula is C13H13IN2O3S. The number of benzene rings is 1. The number of carbonyl (C=O) groups excluding carboxylic acids is 1. The molecule has 1 N–H and O–H groups in total. The van der Waals surface area contributed by atoms with Crippen molar-refractivity contribution in [2.45, 2.75) is 18.6 Å². The fourth-order valence-electron chi connectivity index (χ4n) is 1.80. The van der Waals surface area contributed by atoms with Crippen molar-refractivity contribution < 1.29 is 14.7 Å². The molecule has 5 nitrogen and oxygen atoms in total.